The number of methoxy groups -OCH3 is 1. The number of benzene rings is 1. The average Bonchev–Trinajstić information content (AvgIpc) is 2.38. The lowest BCUT2D eigenvalue weighted by Crippen LogP contribution is -2.57. The third-order valence-corrected chi connectivity index (χ3v) is 4.93. The number of hydrogen-bond donors (Lipinski definition) is 1. The molecule has 1 aliphatic rings. The lowest BCUT2D eigenvalue weighted by molar-refractivity contribution is -0.0981. The third-order valence-electron chi connectivity index (χ3n) is 4.93. The van der Waals surface area contributed by atoms with Gasteiger partial charge in [0.25, 0.3) is 0 Å². The molecular weight excluding hydrogens is 246 g/mol. The molecule has 1 aromatic carbocycles. The van der Waals surface area contributed by atoms with Gasteiger partial charge in [-0.3, -0.25) is 0 Å². The highest BCUT2D eigenvalue weighted by Crippen LogP contribution is 2.39. The molecule has 1 atom stereocenters. The van der Waals surface area contributed by atoms with E-state index in [-0.39, 0.29) is 5.60 Å². The second-order valence-corrected chi connectivity index (χ2v) is 6.20. The monoisotopic (exact) mass is 275 g/mol. The Balaban J connectivity index is 2.19. The van der Waals surface area contributed by atoms with E-state index in [1.54, 1.807) is 0 Å². The van der Waals surface area contributed by atoms with Crippen molar-refractivity contribution in [3.05, 3.63) is 34.9 Å². The smallest absolute Gasteiger partial charge is 0.0834 e. The van der Waals surface area contributed by atoms with E-state index in [0.29, 0.717) is 6.04 Å². The zero-order valence-corrected chi connectivity index (χ0v) is 13.5. The maximum Gasteiger partial charge on any atom is 0.0834 e. The van der Waals surface area contributed by atoms with Crippen molar-refractivity contribution in [1.29, 1.82) is 0 Å². The van der Waals surface area contributed by atoms with Crippen LogP contribution < -0.4 is 5.32 Å². The first-order chi connectivity index (χ1) is 9.63. The van der Waals surface area contributed by atoms with Gasteiger partial charge in [0.2, 0.25) is 0 Å². The summed E-state index contributed by atoms with van der Waals surface area (Å²) in [5, 5.41) is 3.74. The minimum Gasteiger partial charge on any atom is -0.377 e. The van der Waals surface area contributed by atoms with Gasteiger partial charge in [-0.2, -0.15) is 0 Å². The maximum atomic E-state index is 5.92. The van der Waals surface area contributed by atoms with Crippen molar-refractivity contribution in [2.75, 3.05) is 13.7 Å². The molecule has 1 unspecified atom stereocenters. The predicted octanol–water partition coefficient (Wildman–Crippen LogP) is 3.78. The fraction of sp³-hybridized carbons (Fsp3) is 0.667. The summed E-state index contributed by atoms with van der Waals surface area (Å²) in [6.45, 7) is 7.74. The van der Waals surface area contributed by atoms with Crippen LogP contribution in [0.5, 0.6) is 0 Å². The van der Waals surface area contributed by atoms with Crippen molar-refractivity contribution >= 4 is 0 Å². The summed E-state index contributed by atoms with van der Waals surface area (Å²) in [5.74, 6) is 0. The van der Waals surface area contributed by atoms with E-state index < -0.39 is 0 Å². The second-order valence-electron chi connectivity index (χ2n) is 6.20. The molecule has 0 amide bonds. The van der Waals surface area contributed by atoms with Gasteiger partial charge in [0.05, 0.1) is 5.60 Å². The first kappa shape index (κ1) is 15.5. The molecule has 0 heterocycles. The van der Waals surface area contributed by atoms with Gasteiger partial charge < -0.3 is 10.1 Å². The molecule has 1 fully saturated rings. The van der Waals surface area contributed by atoms with Crippen molar-refractivity contribution in [3.8, 4) is 0 Å². The van der Waals surface area contributed by atoms with Gasteiger partial charge in [0.15, 0.2) is 0 Å². The maximum absolute atomic E-state index is 5.92. The molecule has 1 saturated carbocycles. The largest absolute Gasteiger partial charge is 0.377 e. The quantitative estimate of drug-likeness (QED) is 0.817. The molecule has 112 valence electrons. The molecule has 0 spiro atoms. The molecule has 20 heavy (non-hydrogen) atoms. The summed E-state index contributed by atoms with van der Waals surface area (Å²) in [6, 6.07) is 7.03. The van der Waals surface area contributed by atoms with Gasteiger partial charge in [0.1, 0.15) is 0 Å². The number of hydrogen-bond acceptors (Lipinski definition) is 2. The molecule has 0 aromatic heterocycles. The predicted molar refractivity (Wildman–Crippen MR) is 85.3 cm³/mol. The van der Waals surface area contributed by atoms with Gasteiger partial charge in [0, 0.05) is 13.2 Å². The molecular formula is C18H29NO. The Hall–Kier alpha value is -0.860. The highest BCUT2D eigenvalue weighted by molar-refractivity contribution is 5.34. The summed E-state index contributed by atoms with van der Waals surface area (Å²) in [6.07, 6.45) is 5.92. The topological polar surface area (TPSA) is 21.3 Å². The summed E-state index contributed by atoms with van der Waals surface area (Å²) in [5.41, 5.74) is 4.35. The van der Waals surface area contributed by atoms with Crippen molar-refractivity contribution in [2.45, 2.75) is 64.5 Å². The van der Waals surface area contributed by atoms with Gasteiger partial charge in [-0.05, 0) is 69.2 Å². The summed E-state index contributed by atoms with van der Waals surface area (Å²) in [7, 11) is 1.88. The van der Waals surface area contributed by atoms with E-state index in [1.165, 1.54) is 42.4 Å². The van der Waals surface area contributed by atoms with Crippen molar-refractivity contribution in [1.82, 2.24) is 5.32 Å². The molecule has 0 saturated heterocycles. The van der Waals surface area contributed by atoms with E-state index in [9.17, 15) is 0 Å². The normalized spacial score (nSPS) is 18.6. The standard InChI is InChI=1S/C18H29NO/c1-5-12-19-17(18(20-4)10-7-11-18)13-16-14(2)8-6-9-15(16)3/h6,8-9,17,19H,5,7,10-13H2,1-4H3. The molecule has 0 aliphatic heterocycles. The molecule has 1 N–H and O–H groups in total. The Morgan fingerprint density at radius 2 is 1.90 bits per heavy atom. The van der Waals surface area contributed by atoms with Gasteiger partial charge in [-0.1, -0.05) is 25.1 Å². The molecule has 2 nitrogen and oxygen atoms in total. The SMILES string of the molecule is CCCNC(Cc1c(C)cccc1C)C1(OC)CCC1. The van der Waals surface area contributed by atoms with Gasteiger partial charge >= 0.3 is 0 Å². The Labute approximate surface area is 123 Å². The number of ether oxygens (including phenoxy) is 1. The second kappa shape index (κ2) is 6.73. The Bertz CT molecular complexity index is 411. The molecule has 0 bridgehead atoms. The highest BCUT2D eigenvalue weighted by Gasteiger charge is 2.44. The first-order valence-electron chi connectivity index (χ1n) is 7.96. The Kier molecular flexibility index (Phi) is 5.22. The van der Waals surface area contributed by atoms with Crippen LogP contribution in [-0.4, -0.2) is 25.3 Å². The van der Waals surface area contributed by atoms with Crippen LogP contribution >= 0.6 is 0 Å². The van der Waals surface area contributed by atoms with E-state index in [0.717, 1.165) is 13.0 Å². The Morgan fingerprint density at radius 3 is 2.35 bits per heavy atom. The lowest BCUT2D eigenvalue weighted by atomic mass is 9.72. The van der Waals surface area contributed by atoms with Crippen molar-refractivity contribution < 1.29 is 4.74 Å². The summed E-state index contributed by atoms with van der Waals surface area (Å²) in [4.78, 5) is 0. The van der Waals surface area contributed by atoms with Crippen LogP contribution in [0.1, 0.15) is 49.3 Å². The number of rotatable bonds is 7. The van der Waals surface area contributed by atoms with Gasteiger partial charge in [-0.25, -0.2) is 0 Å². The molecule has 2 rings (SSSR count). The van der Waals surface area contributed by atoms with Crippen LogP contribution in [0, 0.1) is 13.8 Å². The highest BCUT2D eigenvalue weighted by atomic mass is 16.5. The molecule has 1 aliphatic carbocycles. The van der Waals surface area contributed by atoms with Crippen LogP contribution in [0.15, 0.2) is 18.2 Å². The van der Waals surface area contributed by atoms with Crippen LogP contribution in [0.4, 0.5) is 0 Å². The number of nitrogens with one attached hydrogen (secondary N) is 1. The van der Waals surface area contributed by atoms with E-state index >= 15 is 0 Å². The minimum absolute atomic E-state index is 0.0594. The van der Waals surface area contributed by atoms with Crippen LogP contribution in [0.2, 0.25) is 0 Å². The number of aryl methyl sites for hydroxylation is 2. The first-order valence-corrected chi connectivity index (χ1v) is 7.96. The zero-order chi connectivity index (χ0) is 14.6. The van der Waals surface area contributed by atoms with Gasteiger partial charge in [-0.15, -0.1) is 0 Å². The average molecular weight is 275 g/mol. The Morgan fingerprint density at radius 1 is 1.25 bits per heavy atom. The molecule has 2 heteroatoms. The van der Waals surface area contributed by atoms with E-state index in [2.05, 4.69) is 44.3 Å². The van der Waals surface area contributed by atoms with E-state index in [4.69, 9.17) is 4.74 Å². The third kappa shape index (κ3) is 3.07. The summed E-state index contributed by atoms with van der Waals surface area (Å²) >= 11 is 0. The lowest BCUT2D eigenvalue weighted by Gasteiger charge is -2.47. The zero-order valence-electron chi connectivity index (χ0n) is 13.5. The minimum atomic E-state index is 0.0594. The van der Waals surface area contributed by atoms with Crippen LogP contribution in [0.3, 0.4) is 0 Å². The van der Waals surface area contributed by atoms with Crippen molar-refractivity contribution in [2.24, 2.45) is 0 Å². The van der Waals surface area contributed by atoms with Crippen molar-refractivity contribution in [3.63, 3.8) is 0 Å². The summed E-state index contributed by atoms with van der Waals surface area (Å²) < 4.78 is 5.92. The fourth-order valence-corrected chi connectivity index (χ4v) is 3.36. The fourth-order valence-electron chi connectivity index (χ4n) is 3.36. The van der Waals surface area contributed by atoms with E-state index in [1.807, 2.05) is 7.11 Å². The molecule has 1 aromatic rings. The van der Waals surface area contributed by atoms with Crippen LogP contribution in [0.25, 0.3) is 0 Å². The van der Waals surface area contributed by atoms with Crippen LogP contribution in [-0.2, 0) is 11.2 Å². The molecule has 0 radical (unpaired) electrons.